The number of esters is 1. The molecule has 1 aliphatic rings. The van der Waals surface area contributed by atoms with Gasteiger partial charge in [0.05, 0.1) is 0 Å². The van der Waals surface area contributed by atoms with Crippen molar-refractivity contribution in [2.75, 3.05) is 13.2 Å². The van der Waals surface area contributed by atoms with Crippen molar-refractivity contribution in [1.29, 1.82) is 0 Å². The van der Waals surface area contributed by atoms with Crippen LogP contribution >= 0.6 is 0 Å². The summed E-state index contributed by atoms with van der Waals surface area (Å²) >= 11 is 0. The molecule has 1 aliphatic heterocycles. The fourth-order valence-corrected chi connectivity index (χ4v) is 3.40. The predicted octanol–water partition coefficient (Wildman–Crippen LogP) is 1.51. The zero-order valence-electron chi connectivity index (χ0n) is 14.6. The quantitative estimate of drug-likeness (QED) is 0.764. The first-order valence-electron chi connectivity index (χ1n) is 8.85. The number of nitrogens with one attached hydrogen (secondary N) is 1. The Hall–Kier alpha value is -2.83. The summed E-state index contributed by atoms with van der Waals surface area (Å²) < 4.78 is 5.10. The smallest absolute Gasteiger partial charge is 0.306 e. The summed E-state index contributed by atoms with van der Waals surface area (Å²) in [6, 6.07) is 7.27. The normalized spacial score (nSPS) is 17.2. The van der Waals surface area contributed by atoms with Crippen LogP contribution in [0.25, 0.3) is 10.9 Å². The van der Waals surface area contributed by atoms with Gasteiger partial charge in [0, 0.05) is 30.1 Å². The number of rotatable bonds is 6. The molecule has 2 amide bonds. The molecule has 7 heteroatoms. The Bertz CT molecular complexity index is 814. The number of amides is 2. The van der Waals surface area contributed by atoms with E-state index in [2.05, 4.69) is 4.98 Å². The van der Waals surface area contributed by atoms with Crippen molar-refractivity contribution in [1.82, 2.24) is 9.88 Å². The van der Waals surface area contributed by atoms with Gasteiger partial charge in [0.15, 0.2) is 6.61 Å². The third kappa shape index (κ3) is 4.04. The van der Waals surface area contributed by atoms with Crippen LogP contribution in [0.2, 0.25) is 0 Å². The molecular weight excluding hydrogens is 334 g/mol. The number of aryl methyl sites for hydroxylation is 1. The SMILES string of the molecule is NC(=O)[C@H]1CCCCN1C(=O)COC(=O)CCc1c[nH]c2ccccc12. The average molecular weight is 357 g/mol. The van der Waals surface area contributed by atoms with Crippen molar-refractivity contribution >= 4 is 28.7 Å². The number of carbonyl (C=O) groups excluding carboxylic acids is 3. The summed E-state index contributed by atoms with van der Waals surface area (Å²) in [5.41, 5.74) is 7.41. The highest BCUT2D eigenvalue weighted by Crippen LogP contribution is 2.19. The van der Waals surface area contributed by atoms with Crippen molar-refractivity contribution in [3.63, 3.8) is 0 Å². The van der Waals surface area contributed by atoms with Crippen molar-refractivity contribution in [2.45, 2.75) is 38.1 Å². The molecular formula is C19H23N3O4. The number of piperidine rings is 1. The number of hydrogen-bond acceptors (Lipinski definition) is 4. The summed E-state index contributed by atoms with van der Waals surface area (Å²) in [6.07, 6.45) is 4.86. The van der Waals surface area contributed by atoms with E-state index in [1.807, 2.05) is 30.5 Å². The van der Waals surface area contributed by atoms with Gasteiger partial charge in [0.25, 0.3) is 5.91 Å². The molecule has 0 radical (unpaired) electrons. The minimum absolute atomic E-state index is 0.189. The zero-order chi connectivity index (χ0) is 18.5. The van der Waals surface area contributed by atoms with Crippen molar-refractivity contribution in [3.8, 4) is 0 Å². The Morgan fingerprint density at radius 2 is 2.04 bits per heavy atom. The number of primary amides is 1. The Kier molecular flexibility index (Phi) is 5.55. The van der Waals surface area contributed by atoms with Crippen LogP contribution in [0.4, 0.5) is 0 Å². The number of hydrogen-bond donors (Lipinski definition) is 2. The van der Waals surface area contributed by atoms with Gasteiger partial charge in [0.2, 0.25) is 5.91 Å². The van der Waals surface area contributed by atoms with Crippen LogP contribution in [-0.2, 0) is 25.5 Å². The maximum atomic E-state index is 12.3. The molecule has 3 rings (SSSR count). The Morgan fingerprint density at radius 1 is 1.23 bits per heavy atom. The van der Waals surface area contributed by atoms with Crippen LogP contribution in [0.15, 0.2) is 30.5 Å². The molecule has 1 fully saturated rings. The highest BCUT2D eigenvalue weighted by Gasteiger charge is 2.30. The van der Waals surface area contributed by atoms with Crippen LogP contribution in [0.5, 0.6) is 0 Å². The number of nitrogens with two attached hydrogens (primary N) is 1. The summed E-state index contributed by atoms with van der Waals surface area (Å²) in [4.78, 5) is 40.3. The molecule has 0 unspecified atom stereocenters. The van der Waals surface area contributed by atoms with E-state index >= 15 is 0 Å². The fraction of sp³-hybridized carbons (Fsp3) is 0.421. The largest absolute Gasteiger partial charge is 0.456 e. The zero-order valence-corrected chi connectivity index (χ0v) is 14.6. The van der Waals surface area contributed by atoms with Crippen LogP contribution < -0.4 is 5.73 Å². The number of likely N-dealkylation sites (tertiary alicyclic amines) is 1. The third-order valence-corrected chi connectivity index (χ3v) is 4.78. The van der Waals surface area contributed by atoms with Gasteiger partial charge in [-0.3, -0.25) is 14.4 Å². The van der Waals surface area contributed by atoms with E-state index < -0.39 is 17.9 Å². The van der Waals surface area contributed by atoms with Crippen LogP contribution in [0, 0.1) is 0 Å². The summed E-state index contributed by atoms with van der Waals surface area (Å²) in [5.74, 6) is -1.31. The molecule has 0 saturated carbocycles. The van der Waals surface area contributed by atoms with Gasteiger partial charge < -0.3 is 20.4 Å². The van der Waals surface area contributed by atoms with Crippen molar-refractivity contribution in [2.24, 2.45) is 5.73 Å². The van der Waals surface area contributed by atoms with Crippen LogP contribution in [0.3, 0.4) is 0 Å². The third-order valence-electron chi connectivity index (χ3n) is 4.78. The second kappa shape index (κ2) is 8.03. The Balaban J connectivity index is 1.49. The van der Waals surface area contributed by atoms with E-state index in [-0.39, 0.29) is 18.9 Å². The Morgan fingerprint density at radius 3 is 2.85 bits per heavy atom. The molecule has 0 aliphatic carbocycles. The second-order valence-electron chi connectivity index (χ2n) is 6.52. The van der Waals surface area contributed by atoms with Gasteiger partial charge in [-0.1, -0.05) is 18.2 Å². The lowest BCUT2D eigenvalue weighted by atomic mass is 10.0. The Labute approximate surface area is 151 Å². The number of nitrogens with zero attached hydrogens (tertiary/aromatic N) is 1. The first kappa shape index (κ1) is 18.0. The second-order valence-corrected chi connectivity index (χ2v) is 6.52. The van der Waals surface area contributed by atoms with Gasteiger partial charge in [-0.2, -0.15) is 0 Å². The van der Waals surface area contributed by atoms with Crippen LogP contribution in [0.1, 0.15) is 31.2 Å². The monoisotopic (exact) mass is 357 g/mol. The maximum Gasteiger partial charge on any atom is 0.306 e. The van der Waals surface area contributed by atoms with Gasteiger partial charge in [-0.15, -0.1) is 0 Å². The lowest BCUT2D eigenvalue weighted by Crippen LogP contribution is -2.51. The number of carbonyl (C=O) groups is 3. The molecule has 138 valence electrons. The molecule has 2 aromatic rings. The molecule has 1 aromatic carbocycles. The summed E-state index contributed by atoms with van der Waals surface area (Å²) in [5, 5.41) is 1.08. The fourth-order valence-electron chi connectivity index (χ4n) is 3.40. The molecule has 7 nitrogen and oxygen atoms in total. The predicted molar refractivity (Wildman–Crippen MR) is 96.1 cm³/mol. The van der Waals surface area contributed by atoms with Crippen molar-refractivity contribution < 1.29 is 19.1 Å². The van der Waals surface area contributed by atoms with E-state index in [1.54, 1.807) is 0 Å². The van der Waals surface area contributed by atoms with E-state index in [0.717, 1.165) is 29.3 Å². The van der Waals surface area contributed by atoms with Crippen molar-refractivity contribution in [3.05, 3.63) is 36.0 Å². The summed E-state index contributed by atoms with van der Waals surface area (Å²) in [6.45, 7) is 0.121. The molecule has 1 aromatic heterocycles. The summed E-state index contributed by atoms with van der Waals surface area (Å²) in [7, 11) is 0. The number of ether oxygens (including phenoxy) is 1. The highest BCUT2D eigenvalue weighted by atomic mass is 16.5. The van der Waals surface area contributed by atoms with E-state index in [9.17, 15) is 14.4 Å². The number of aromatic amines is 1. The number of para-hydroxylation sites is 1. The standard InChI is InChI=1S/C19H23N3O4/c20-19(25)16-7-3-4-10-22(16)17(23)12-26-18(24)9-8-13-11-21-15-6-2-1-5-14(13)15/h1-2,5-6,11,16,21H,3-4,7-10,12H2,(H2,20,25)/t16-/m1/s1. The van der Waals surface area contributed by atoms with Gasteiger partial charge in [-0.25, -0.2) is 0 Å². The molecule has 2 heterocycles. The minimum atomic E-state index is -0.596. The first-order valence-corrected chi connectivity index (χ1v) is 8.85. The maximum absolute atomic E-state index is 12.3. The highest BCUT2D eigenvalue weighted by molar-refractivity contribution is 5.88. The van der Waals surface area contributed by atoms with E-state index in [4.69, 9.17) is 10.5 Å². The first-order chi connectivity index (χ1) is 12.6. The van der Waals surface area contributed by atoms with E-state index in [1.165, 1.54) is 4.90 Å². The molecule has 1 saturated heterocycles. The molecule has 0 bridgehead atoms. The van der Waals surface area contributed by atoms with Gasteiger partial charge in [-0.05, 0) is 37.3 Å². The van der Waals surface area contributed by atoms with Gasteiger partial charge in [0.1, 0.15) is 6.04 Å². The number of fused-ring (bicyclic) bond motifs is 1. The lowest BCUT2D eigenvalue weighted by Gasteiger charge is -2.33. The molecule has 1 atom stereocenters. The lowest BCUT2D eigenvalue weighted by molar-refractivity contribution is -0.154. The van der Waals surface area contributed by atoms with Crippen LogP contribution in [-0.4, -0.2) is 46.9 Å². The topological polar surface area (TPSA) is 105 Å². The molecule has 0 spiro atoms. The number of aromatic nitrogens is 1. The number of H-pyrrole nitrogens is 1. The molecule has 3 N–H and O–H groups in total. The molecule has 26 heavy (non-hydrogen) atoms. The number of benzene rings is 1. The average Bonchev–Trinajstić information content (AvgIpc) is 3.07. The minimum Gasteiger partial charge on any atom is -0.456 e. The van der Waals surface area contributed by atoms with Gasteiger partial charge >= 0.3 is 5.97 Å². The van der Waals surface area contributed by atoms with E-state index in [0.29, 0.717) is 19.4 Å².